The molecule has 0 amide bonds. The van der Waals surface area contributed by atoms with Crippen LogP contribution in [-0.4, -0.2) is 29.3 Å². The van der Waals surface area contributed by atoms with Crippen LogP contribution in [0.3, 0.4) is 0 Å². The highest BCUT2D eigenvalue weighted by Crippen LogP contribution is 2.26. The van der Waals surface area contributed by atoms with E-state index in [9.17, 15) is 4.39 Å². The molecule has 1 N–H and O–H groups in total. The predicted molar refractivity (Wildman–Crippen MR) is 108 cm³/mol. The third-order valence-corrected chi connectivity index (χ3v) is 5.08. The lowest BCUT2D eigenvalue weighted by Crippen LogP contribution is -2.39. The lowest BCUT2D eigenvalue weighted by Gasteiger charge is -2.28. The molecular formula is C19H19Cl2FN2OS. The molecule has 0 saturated carbocycles. The number of hydrogen-bond acceptors (Lipinski definition) is 2. The fourth-order valence-electron chi connectivity index (χ4n) is 2.89. The molecule has 138 valence electrons. The van der Waals surface area contributed by atoms with E-state index in [2.05, 4.69) is 5.32 Å². The molecule has 3 rings (SSSR count). The number of rotatable bonds is 5. The molecule has 1 aliphatic rings. The Hall–Kier alpha value is -1.40. The first-order valence-corrected chi connectivity index (χ1v) is 9.55. The summed E-state index contributed by atoms with van der Waals surface area (Å²) in [4.78, 5) is 1.98. The highest BCUT2D eigenvalue weighted by molar-refractivity contribution is 7.80. The van der Waals surface area contributed by atoms with Gasteiger partial charge in [-0.1, -0.05) is 35.3 Å². The summed E-state index contributed by atoms with van der Waals surface area (Å²) in [7, 11) is 0. The Labute approximate surface area is 168 Å². The van der Waals surface area contributed by atoms with E-state index in [-0.39, 0.29) is 11.9 Å². The van der Waals surface area contributed by atoms with Crippen LogP contribution >= 0.6 is 35.4 Å². The van der Waals surface area contributed by atoms with Crippen molar-refractivity contribution in [1.82, 2.24) is 4.90 Å². The summed E-state index contributed by atoms with van der Waals surface area (Å²) >= 11 is 17.8. The number of ether oxygens (including phenoxy) is 1. The first-order chi connectivity index (χ1) is 12.5. The first-order valence-electron chi connectivity index (χ1n) is 8.38. The molecule has 7 heteroatoms. The van der Waals surface area contributed by atoms with Crippen LogP contribution in [0.2, 0.25) is 10.0 Å². The molecular weight excluding hydrogens is 394 g/mol. The van der Waals surface area contributed by atoms with Gasteiger partial charge in [-0.3, -0.25) is 0 Å². The van der Waals surface area contributed by atoms with E-state index in [0.717, 1.165) is 25.0 Å². The molecule has 0 bridgehead atoms. The highest BCUT2D eigenvalue weighted by Gasteiger charge is 2.21. The molecule has 2 aromatic rings. The van der Waals surface area contributed by atoms with Crippen LogP contribution in [0.25, 0.3) is 0 Å². The average molecular weight is 413 g/mol. The van der Waals surface area contributed by atoms with Crippen LogP contribution in [0.5, 0.6) is 0 Å². The van der Waals surface area contributed by atoms with Crippen molar-refractivity contribution in [2.75, 3.05) is 18.5 Å². The van der Waals surface area contributed by atoms with E-state index in [4.69, 9.17) is 40.2 Å². The molecule has 1 aliphatic heterocycles. The molecule has 0 aliphatic carbocycles. The molecule has 3 nitrogen and oxygen atoms in total. The third kappa shape index (κ3) is 5.30. The molecule has 1 heterocycles. The minimum absolute atomic E-state index is 0.115. The van der Waals surface area contributed by atoms with E-state index in [1.165, 1.54) is 12.1 Å². The van der Waals surface area contributed by atoms with Crippen molar-refractivity contribution >= 4 is 46.2 Å². The van der Waals surface area contributed by atoms with Crippen molar-refractivity contribution in [3.05, 3.63) is 63.9 Å². The molecule has 1 unspecified atom stereocenters. The SMILES string of the molecule is Fc1cccc(CN(CC2CCCO2)C(=S)Nc2ccc(Cl)cc2Cl)c1. The van der Waals surface area contributed by atoms with Gasteiger partial charge in [-0.15, -0.1) is 0 Å². The Morgan fingerprint density at radius 2 is 2.12 bits per heavy atom. The van der Waals surface area contributed by atoms with Gasteiger partial charge >= 0.3 is 0 Å². The number of benzene rings is 2. The van der Waals surface area contributed by atoms with Crippen LogP contribution in [0.4, 0.5) is 10.1 Å². The molecule has 0 spiro atoms. The van der Waals surface area contributed by atoms with E-state index in [1.54, 1.807) is 24.3 Å². The summed E-state index contributed by atoms with van der Waals surface area (Å²) in [6.07, 6.45) is 2.15. The van der Waals surface area contributed by atoms with Gasteiger partial charge in [0.05, 0.1) is 16.8 Å². The highest BCUT2D eigenvalue weighted by atomic mass is 35.5. The van der Waals surface area contributed by atoms with Crippen LogP contribution in [0, 0.1) is 5.82 Å². The normalized spacial score (nSPS) is 16.5. The average Bonchev–Trinajstić information content (AvgIpc) is 3.10. The van der Waals surface area contributed by atoms with Crippen LogP contribution in [-0.2, 0) is 11.3 Å². The van der Waals surface area contributed by atoms with Crippen molar-refractivity contribution in [2.45, 2.75) is 25.5 Å². The molecule has 0 aromatic heterocycles. The number of halogens is 3. The molecule has 1 fully saturated rings. The second-order valence-electron chi connectivity index (χ2n) is 6.20. The van der Waals surface area contributed by atoms with Crippen LogP contribution in [0.1, 0.15) is 18.4 Å². The van der Waals surface area contributed by atoms with Crippen molar-refractivity contribution in [3.63, 3.8) is 0 Å². The quantitative estimate of drug-likeness (QED) is 0.654. The number of hydrogen-bond donors (Lipinski definition) is 1. The Morgan fingerprint density at radius 3 is 2.81 bits per heavy atom. The van der Waals surface area contributed by atoms with E-state index in [1.807, 2.05) is 11.0 Å². The molecule has 0 radical (unpaired) electrons. The van der Waals surface area contributed by atoms with E-state index in [0.29, 0.717) is 33.9 Å². The second-order valence-corrected chi connectivity index (χ2v) is 7.43. The minimum atomic E-state index is -0.265. The van der Waals surface area contributed by atoms with Crippen molar-refractivity contribution < 1.29 is 9.13 Å². The summed E-state index contributed by atoms with van der Waals surface area (Å²) in [6, 6.07) is 11.7. The lowest BCUT2D eigenvalue weighted by molar-refractivity contribution is 0.0905. The molecule has 26 heavy (non-hydrogen) atoms. The Balaban J connectivity index is 1.75. The van der Waals surface area contributed by atoms with Gasteiger partial charge in [0, 0.05) is 24.7 Å². The predicted octanol–water partition coefficient (Wildman–Crippen LogP) is 5.51. The summed E-state index contributed by atoms with van der Waals surface area (Å²) < 4.78 is 19.3. The number of anilines is 1. The van der Waals surface area contributed by atoms with E-state index >= 15 is 0 Å². The number of nitrogens with zero attached hydrogens (tertiary/aromatic N) is 1. The summed E-state index contributed by atoms with van der Waals surface area (Å²) in [5, 5.41) is 4.72. The second kappa shape index (κ2) is 9.00. The zero-order valence-electron chi connectivity index (χ0n) is 14.1. The Morgan fingerprint density at radius 1 is 1.27 bits per heavy atom. The van der Waals surface area contributed by atoms with Crippen LogP contribution in [0.15, 0.2) is 42.5 Å². The number of nitrogens with one attached hydrogen (secondary N) is 1. The van der Waals surface area contributed by atoms with Gasteiger partial charge in [0.15, 0.2) is 5.11 Å². The standard InChI is InChI=1S/C19H19Cl2FN2OS/c20-14-6-7-18(17(21)10-14)23-19(26)24(12-16-5-2-8-25-16)11-13-3-1-4-15(22)9-13/h1,3-4,6-7,9-10,16H,2,5,8,11-12H2,(H,23,26). The summed E-state index contributed by atoms with van der Waals surface area (Å²) in [5.41, 5.74) is 1.52. The van der Waals surface area contributed by atoms with Gasteiger partial charge in [0.1, 0.15) is 5.82 Å². The molecule has 2 aromatic carbocycles. The van der Waals surface area contributed by atoms with Crippen molar-refractivity contribution in [3.8, 4) is 0 Å². The van der Waals surface area contributed by atoms with Crippen molar-refractivity contribution in [1.29, 1.82) is 0 Å². The maximum Gasteiger partial charge on any atom is 0.173 e. The Bertz CT molecular complexity index is 784. The fraction of sp³-hybridized carbons (Fsp3) is 0.316. The van der Waals surface area contributed by atoms with Gasteiger partial charge in [-0.2, -0.15) is 0 Å². The molecule has 1 saturated heterocycles. The zero-order valence-corrected chi connectivity index (χ0v) is 16.4. The van der Waals surface area contributed by atoms with Crippen LogP contribution < -0.4 is 5.32 Å². The van der Waals surface area contributed by atoms with E-state index < -0.39 is 0 Å². The lowest BCUT2D eigenvalue weighted by atomic mass is 10.2. The largest absolute Gasteiger partial charge is 0.376 e. The van der Waals surface area contributed by atoms with Crippen molar-refractivity contribution in [2.24, 2.45) is 0 Å². The fourth-order valence-corrected chi connectivity index (χ4v) is 3.60. The molecule has 1 atom stereocenters. The first kappa shape index (κ1) is 19.4. The van der Waals surface area contributed by atoms with Gasteiger partial charge in [0.25, 0.3) is 0 Å². The van der Waals surface area contributed by atoms with Gasteiger partial charge in [-0.25, -0.2) is 4.39 Å². The smallest absolute Gasteiger partial charge is 0.173 e. The maximum absolute atomic E-state index is 13.5. The summed E-state index contributed by atoms with van der Waals surface area (Å²) in [6.45, 7) is 1.88. The topological polar surface area (TPSA) is 24.5 Å². The summed E-state index contributed by atoms with van der Waals surface area (Å²) in [5.74, 6) is -0.265. The Kier molecular flexibility index (Phi) is 6.70. The van der Waals surface area contributed by atoms with Gasteiger partial charge in [-0.05, 0) is 61.0 Å². The minimum Gasteiger partial charge on any atom is -0.376 e. The zero-order chi connectivity index (χ0) is 18.5. The number of thiocarbonyl (C=S) groups is 1. The maximum atomic E-state index is 13.5. The van der Waals surface area contributed by atoms with Gasteiger partial charge < -0.3 is 15.0 Å². The monoisotopic (exact) mass is 412 g/mol. The third-order valence-electron chi connectivity index (χ3n) is 4.17. The van der Waals surface area contributed by atoms with Gasteiger partial charge in [0.2, 0.25) is 0 Å².